The Morgan fingerprint density at radius 2 is 1.92 bits per heavy atom. The van der Waals surface area contributed by atoms with Crippen LogP contribution < -0.4 is 14.2 Å². The number of rotatable bonds is 4. The van der Waals surface area contributed by atoms with Crippen molar-refractivity contribution in [3.05, 3.63) is 30.3 Å². The normalized spacial score (nSPS) is 18.1. The Kier molecular flexibility index (Phi) is 4.70. The Bertz CT molecular complexity index is 712. The molecule has 0 saturated carbocycles. The van der Waals surface area contributed by atoms with E-state index in [4.69, 9.17) is 14.2 Å². The van der Waals surface area contributed by atoms with E-state index in [1.807, 2.05) is 30.3 Å². The maximum Gasteiger partial charge on any atom is 0.233 e. The minimum Gasteiger partial charge on any atom is -0.486 e. The van der Waals surface area contributed by atoms with Gasteiger partial charge in [0.2, 0.25) is 5.88 Å². The molecule has 2 aliphatic heterocycles. The van der Waals surface area contributed by atoms with E-state index in [2.05, 4.69) is 22.1 Å². The van der Waals surface area contributed by atoms with Gasteiger partial charge in [0, 0.05) is 11.6 Å². The molecule has 1 fully saturated rings. The molecule has 0 amide bonds. The van der Waals surface area contributed by atoms with Crippen molar-refractivity contribution in [3.8, 4) is 28.6 Å². The van der Waals surface area contributed by atoms with E-state index in [-0.39, 0.29) is 0 Å². The summed E-state index contributed by atoms with van der Waals surface area (Å²) in [4.78, 5) is 2.36. The number of ether oxygens (including phenoxy) is 3. The van der Waals surface area contributed by atoms with Crippen LogP contribution in [0.1, 0.15) is 12.8 Å². The van der Waals surface area contributed by atoms with Gasteiger partial charge in [-0.1, -0.05) is 6.07 Å². The number of para-hydroxylation sites is 1. The fraction of sp³-hybridized carbons (Fsp3) is 0.474. The maximum atomic E-state index is 5.84. The van der Waals surface area contributed by atoms with Crippen LogP contribution in [0.5, 0.6) is 17.4 Å². The standard InChI is InChI=1S/C19H23N3O3/c1-22-9-7-14(8-10-22)13-25-18-6-5-16(20-21-18)15-3-2-4-17-19(15)24-12-11-23-17/h2-6,14H,7-13H2,1H3. The molecule has 1 aromatic heterocycles. The van der Waals surface area contributed by atoms with Crippen LogP contribution in [-0.4, -0.2) is 55.1 Å². The molecule has 4 rings (SSSR count). The number of likely N-dealkylation sites (tertiary alicyclic amines) is 1. The molecular weight excluding hydrogens is 318 g/mol. The fourth-order valence-corrected chi connectivity index (χ4v) is 3.25. The van der Waals surface area contributed by atoms with E-state index in [1.54, 1.807) is 0 Å². The number of hydrogen-bond acceptors (Lipinski definition) is 6. The molecule has 0 N–H and O–H groups in total. The quantitative estimate of drug-likeness (QED) is 0.852. The van der Waals surface area contributed by atoms with Gasteiger partial charge in [-0.25, -0.2) is 0 Å². The number of fused-ring (bicyclic) bond motifs is 1. The predicted octanol–water partition coefficient (Wildman–Crippen LogP) is 2.64. The Hall–Kier alpha value is -2.34. The highest BCUT2D eigenvalue weighted by Gasteiger charge is 2.19. The molecular formula is C19H23N3O3. The number of nitrogens with zero attached hydrogens (tertiary/aromatic N) is 3. The highest BCUT2D eigenvalue weighted by atomic mass is 16.6. The summed E-state index contributed by atoms with van der Waals surface area (Å²) < 4.78 is 17.2. The molecule has 0 radical (unpaired) electrons. The van der Waals surface area contributed by atoms with Crippen LogP contribution in [0.25, 0.3) is 11.3 Å². The van der Waals surface area contributed by atoms with Crippen molar-refractivity contribution >= 4 is 0 Å². The molecule has 1 saturated heterocycles. The van der Waals surface area contributed by atoms with Gasteiger partial charge in [-0.05, 0) is 57.1 Å². The minimum atomic E-state index is 0.551. The summed E-state index contributed by atoms with van der Waals surface area (Å²) in [5.41, 5.74) is 1.65. The Morgan fingerprint density at radius 3 is 2.72 bits per heavy atom. The average molecular weight is 341 g/mol. The first-order valence-electron chi connectivity index (χ1n) is 8.83. The van der Waals surface area contributed by atoms with Crippen molar-refractivity contribution in [3.63, 3.8) is 0 Å². The average Bonchev–Trinajstić information content (AvgIpc) is 2.68. The monoisotopic (exact) mass is 341 g/mol. The van der Waals surface area contributed by atoms with E-state index in [9.17, 15) is 0 Å². The zero-order valence-electron chi connectivity index (χ0n) is 14.5. The van der Waals surface area contributed by atoms with Gasteiger partial charge in [0.15, 0.2) is 11.5 Å². The summed E-state index contributed by atoms with van der Waals surface area (Å²) in [7, 11) is 2.17. The highest BCUT2D eigenvalue weighted by molar-refractivity contribution is 5.71. The second-order valence-corrected chi connectivity index (χ2v) is 6.64. The predicted molar refractivity (Wildman–Crippen MR) is 94.2 cm³/mol. The molecule has 0 aliphatic carbocycles. The third-order valence-corrected chi connectivity index (χ3v) is 4.79. The van der Waals surface area contributed by atoms with E-state index in [0.717, 1.165) is 35.8 Å². The van der Waals surface area contributed by atoms with Crippen molar-refractivity contribution in [2.45, 2.75) is 12.8 Å². The Morgan fingerprint density at radius 1 is 1.08 bits per heavy atom. The van der Waals surface area contributed by atoms with Gasteiger partial charge in [-0.2, -0.15) is 0 Å². The maximum absolute atomic E-state index is 5.84. The third kappa shape index (κ3) is 3.69. The molecule has 2 aromatic rings. The van der Waals surface area contributed by atoms with Crippen molar-refractivity contribution in [1.29, 1.82) is 0 Å². The molecule has 132 valence electrons. The first-order valence-corrected chi connectivity index (χ1v) is 8.83. The van der Waals surface area contributed by atoms with Crippen molar-refractivity contribution in [1.82, 2.24) is 15.1 Å². The fourth-order valence-electron chi connectivity index (χ4n) is 3.25. The van der Waals surface area contributed by atoms with Gasteiger partial charge in [-0.15, -0.1) is 10.2 Å². The third-order valence-electron chi connectivity index (χ3n) is 4.79. The van der Waals surface area contributed by atoms with Crippen LogP contribution in [0.4, 0.5) is 0 Å². The van der Waals surface area contributed by atoms with Gasteiger partial charge in [0.05, 0.1) is 12.3 Å². The van der Waals surface area contributed by atoms with Crippen molar-refractivity contribution in [2.24, 2.45) is 5.92 Å². The summed E-state index contributed by atoms with van der Waals surface area (Å²) in [6.45, 7) is 4.11. The molecule has 6 nitrogen and oxygen atoms in total. The molecule has 25 heavy (non-hydrogen) atoms. The van der Waals surface area contributed by atoms with Gasteiger partial charge in [0.25, 0.3) is 0 Å². The Balaban J connectivity index is 1.42. The number of piperidine rings is 1. The molecule has 0 bridgehead atoms. The molecule has 1 aromatic carbocycles. The van der Waals surface area contributed by atoms with Gasteiger partial charge in [-0.3, -0.25) is 0 Å². The van der Waals surface area contributed by atoms with Gasteiger partial charge in [0.1, 0.15) is 13.2 Å². The molecule has 0 atom stereocenters. The zero-order valence-corrected chi connectivity index (χ0v) is 14.5. The second-order valence-electron chi connectivity index (χ2n) is 6.64. The largest absolute Gasteiger partial charge is 0.486 e. The van der Waals surface area contributed by atoms with E-state index in [0.29, 0.717) is 31.6 Å². The zero-order chi connectivity index (χ0) is 17.1. The lowest BCUT2D eigenvalue weighted by Gasteiger charge is -2.28. The summed E-state index contributed by atoms with van der Waals surface area (Å²) in [5.74, 6) is 2.67. The van der Waals surface area contributed by atoms with Gasteiger partial charge >= 0.3 is 0 Å². The molecule has 2 aliphatic rings. The SMILES string of the molecule is CN1CCC(COc2ccc(-c3cccc4c3OCCO4)nn2)CC1. The van der Waals surface area contributed by atoms with Gasteiger partial charge < -0.3 is 19.1 Å². The van der Waals surface area contributed by atoms with Crippen molar-refractivity contribution in [2.75, 3.05) is 40.0 Å². The summed E-state index contributed by atoms with van der Waals surface area (Å²) in [6.07, 6.45) is 2.35. The highest BCUT2D eigenvalue weighted by Crippen LogP contribution is 2.39. The lowest BCUT2D eigenvalue weighted by Crippen LogP contribution is -2.32. The number of benzene rings is 1. The topological polar surface area (TPSA) is 56.7 Å². The summed E-state index contributed by atoms with van der Waals surface area (Å²) >= 11 is 0. The summed E-state index contributed by atoms with van der Waals surface area (Å²) in [6, 6.07) is 9.61. The second kappa shape index (κ2) is 7.27. The first kappa shape index (κ1) is 16.1. The van der Waals surface area contributed by atoms with E-state index in [1.165, 1.54) is 12.8 Å². The molecule has 6 heteroatoms. The lowest BCUT2D eigenvalue weighted by molar-refractivity contribution is 0.156. The number of hydrogen-bond donors (Lipinski definition) is 0. The Labute approximate surface area is 147 Å². The molecule has 0 unspecified atom stereocenters. The van der Waals surface area contributed by atoms with Crippen LogP contribution in [-0.2, 0) is 0 Å². The van der Waals surface area contributed by atoms with Crippen LogP contribution in [0.15, 0.2) is 30.3 Å². The van der Waals surface area contributed by atoms with Crippen molar-refractivity contribution < 1.29 is 14.2 Å². The lowest BCUT2D eigenvalue weighted by atomic mass is 9.98. The smallest absolute Gasteiger partial charge is 0.233 e. The van der Waals surface area contributed by atoms with Crippen LogP contribution in [0, 0.1) is 5.92 Å². The molecule has 3 heterocycles. The number of aromatic nitrogens is 2. The minimum absolute atomic E-state index is 0.551. The van der Waals surface area contributed by atoms with E-state index < -0.39 is 0 Å². The van der Waals surface area contributed by atoms with E-state index >= 15 is 0 Å². The first-order chi connectivity index (χ1) is 12.3. The van der Waals surface area contributed by atoms with Crippen LogP contribution in [0.2, 0.25) is 0 Å². The van der Waals surface area contributed by atoms with Crippen LogP contribution in [0.3, 0.4) is 0 Å². The van der Waals surface area contributed by atoms with Crippen LogP contribution >= 0.6 is 0 Å². The molecule has 0 spiro atoms. The summed E-state index contributed by atoms with van der Waals surface area (Å²) in [5, 5.41) is 8.54.